The normalized spacial score (nSPS) is 19.2. The Kier molecular flexibility index (Phi) is 7.90. The van der Waals surface area contributed by atoms with Crippen molar-refractivity contribution in [1.82, 2.24) is 5.32 Å². The number of hydrogen-bond acceptors (Lipinski definition) is 3. The van der Waals surface area contributed by atoms with Crippen LogP contribution in [0.25, 0.3) is 6.08 Å². The van der Waals surface area contributed by atoms with Gasteiger partial charge in [-0.25, -0.2) is 4.79 Å². The number of benzene rings is 2. The molecule has 0 spiro atoms. The van der Waals surface area contributed by atoms with Crippen molar-refractivity contribution < 1.29 is 19.4 Å². The first kappa shape index (κ1) is 22.3. The predicted molar refractivity (Wildman–Crippen MR) is 125 cm³/mol. The third-order valence-electron chi connectivity index (χ3n) is 5.37. The number of ether oxygens (including phenoxy) is 1. The lowest BCUT2D eigenvalue weighted by atomic mass is 9.81. The molecule has 1 saturated carbocycles. The van der Waals surface area contributed by atoms with Gasteiger partial charge in [0.05, 0.1) is 3.57 Å². The fourth-order valence-electron chi connectivity index (χ4n) is 3.60. The van der Waals surface area contributed by atoms with Crippen molar-refractivity contribution in [3.63, 3.8) is 0 Å². The fraction of sp³-hybridized carbons (Fsp3) is 0.333. The molecular weight excluding hydrogens is 493 g/mol. The van der Waals surface area contributed by atoms with E-state index in [1.807, 2.05) is 24.3 Å². The van der Waals surface area contributed by atoms with Crippen LogP contribution in [0.5, 0.6) is 11.5 Å². The topological polar surface area (TPSA) is 75.6 Å². The lowest BCUT2D eigenvalue weighted by Crippen LogP contribution is -2.29. The fourth-order valence-corrected chi connectivity index (χ4v) is 4.10. The van der Waals surface area contributed by atoms with E-state index in [1.54, 1.807) is 24.3 Å². The van der Waals surface area contributed by atoms with E-state index in [1.165, 1.54) is 6.08 Å². The summed E-state index contributed by atoms with van der Waals surface area (Å²) in [6.45, 7) is 2.23. The maximum Gasteiger partial charge on any atom is 0.352 e. The van der Waals surface area contributed by atoms with Crippen molar-refractivity contribution in [1.29, 1.82) is 0 Å². The average molecular weight is 519 g/mol. The summed E-state index contributed by atoms with van der Waals surface area (Å²) in [6.07, 6.45) is 6.18. The summed E-state index contributed by atoms with van der Waals surface area (Å²) in [4.78, 5) is 24.0. The van der Waals surface area contributed by atoms with Crippen molar-refractivity contribution >= 4 is 40.5 Å². The second-order valence-corrected chi connectivity index (χ2v) is 9.01. The molecule has 30 heavy (non-hydrogen) atoms. The van der Waals surface area contributed by atoms with Gasteiger partial charge < -0.3 is 15.2 Å². The highest BCUT2D eigenvalue weighted by molar-refractivity contribution is 14.1. The Hall–Kier alpha value is -2.35. The van der Waals surface area contributed by atoms with Crippen LogP contribution in [0.4, 0.5) is 0 Å². The lowest BCUT2D eigenvalue weighted by molar-refractivity contribution is -0.134. The van der Waals surface area contributed by atoms with E-state index in [-0.39, 0.29) is 11.6 Å². The van der Waals surface area contributed by atoms with E-state index in [0.29, 0.717) is 23.7 Å². The number of nitrogens with one attached hydrogen (secondary N) is 1. The van der Waals surface area contributed by atoms with Crippen molar-refractivity contribution in [3.8, 4) is 11.5 Å². The summed E-state index contributed by atoms with van der Waals surface area (Å²) >= 11 is 2.21. The molecule has 0 saturated heterocycles. The molecule has 6 heteroatoms. The number of carbonyl (C=O) groups excluding carboxylic acids is 1. The Bertz CT molecular complexity index is 915. The van der Waals surface area contributed by atoms with E-state index in [0.717, 1.165) is 40.9 Å². The van der Waals surface area contributed by atoms with Crippen molar-refractivity contribution in [2.75, 3.05) is 0 Å². The first-order valence-corrected chi connectivity index (χ1v) is 11.3. The molecule has 3 rings (SSSR count). The zero-order valence-electron chi connectivity index (χ0n) is 16.9. The Labute approximate surface area is 190 Å². The summed E-state index contributed by atoms with van der Waals surface area (Å²) < 4.78 is 6.86. The Balaban J connectivity index is 1.62. The van der Waals surface area contributed by atoms with Gasteiger partial charge in [-0.15, -0.1) is 0 Å². The molecule has 0 bridgehead atoms. The van der Waals surface area contributed by atoms with Gasteiger partial charge in [-0.3, -0.25) is 4.79 Å². The van der Waals surface area contributed by atoms with E-state index >= 15 is 0 Å². The van der Waals surface area contributed by atoms with Crippen LogP contribution in [0.3, 0.4) is 0 Å². The third kappa shape index (κ3) is 6.58. The maximum atomic E-state index is 12.4. The zero-order valence-corrected chi connectivity index (χ0v) is 19.1. The number of carboxylic acids is 1. The molecule has 1 aliphatic carbocycles. The van der Waals surface area contributed by atoms with Crippen LogP contribution in [-0.4, -0.2) is 17.0 Å². The minimum atomic E-state index is -1.15. The highest BCUT2D eigenvalue weighted by Crippen LogP contribution is 2.30. The minimum absolute atomic E-state index is 0.115. The SMILES string of the molecule is CC1CCC(CC(=O)N/C(=C/c2ccc(Oc3ccccc3I)cc2)C(=O)O)CC1. The van der Waals surface area contributed by atoms with Gasteiger partial charge in [0.25, 0.3) is 0 Å². The Morgan fingerprint density at radius 3 is 2.40 bits per heavy atom. The van der Waals surface area contributed by atoms with Gasteiger partial charge in [0.15, 0.2) is 0 Å². The van der Waals surface area contributed by atoms with E-state index in [2.05, 4.69) is 34.8 Å². The number of para-hydroxylation sites is 1. The van der Waals surface area contributed by atoms with Gasteiger partial charge in [0.1, 0.15) is 17.2 Å². The Morgan fingerprint density at radius 2 is 1.77 bits per heavy atom. The molecule has 0 radical (unpaired) electrons. The number of hydrogen-bond donors (Lipinski definition) is 2. The number of carbonyl (C=O) groups is 2. The van der Waals surface area contributed by atoms with Gasteiger partial charge in [-0.2, -0.15) is 0 Å². The summed E-state index contributed by atoms with van der Waals surface area (Å²) in [5.74, 6) is 1.09. The number of amides is 1. The lowest BCUT2D eigenvalue weighted by Gasteiger charge is -2.25. The molecule has 2 aromatic rings. The highest BCUT2D eigenvalue weighted by Gasteiger charge is 2.22. The molecule has 1 amide bonds. The molecule has 0 unspecified atom stereocenters. The predicted octanol–water partition coefficient (Wildman–Crippen LogP) is 5.84. The van der Waals surface area contributed by atoms with Crippen LogP contribution in [0.2, 0.25) is 0 Å². The van der Waals surface area contributed by atoms with Crippen molar-refractivity contribution in [2.24, 2.45) is 11.8 Å². The Morgan fingerprint density at radius 1 is 1.10 bits per heavy atom. The van der Waals surface area contributed by atoms with Crippen LogP contribution in [0.15, 0.2) is 54.2 Å². The first-order chi connectivity index (χ1) is 14.4. The van der Waals surface area contributed by atoms with Crippen LogP contribution < -0.4 is 10.1 Å². The molecule has 1 aliphatic rings. The van der Waals surface area contributed by atoms with Crippen molar-refractivity contribution in [2.45, 2.75) is 39.0 Å². The van der Waals surface area contributed by atoms with Crippen LogP contribution in [0, 0.1) is 15.4 Å². The van der Waals surface area contributed by atoms with E-state index in [4.69, 9.17) is 4.74 Å². The van der Waals surface area contributed by atoms with Gasteiger partial charge in [0.2, 0.25) is 5.91 Å². The quantitative estimate of drug-likeness (QED) is 0.356. The summed E-state index contributed by atoms with van der Waals surface area (Å²) in [5, 5.41) is 12.1. The minimum Gasteiger partial charge on any atom is -0.477 e. The van der Waals surface area contributed by atoms with Crippen molar-refractivity contribution in [3.05, 3.63) is 63.4 Å². The van der Waals surface area contributed by atoms with E-state index in [9.17, 15) is 14.7 Å². The highest BCUT2D eigenvalue weighted by atomic mass is 127. The maximum absolute atomic E-state index is 12.4. The third-order valence-corrected chi connectivity index (χ3v) is 6.26. The van der Waals surface area contributed by atoms with Gasteiger partial charge in [-0.05, 0) is 83.2 Å². The van der Waals surface area contributed by atoms with Crippen LogP contribution in [0.1, 0.15) is 44.6 Å². The monoisotopic (exact) mass is 519 g/mol. The summed E-state index contributed by atoms with van der Waals surface area (Å²) in [6, 6.07) is 14.8. The number of carboxylic acid groups (broad SMARTS) is 1. The molecule has 0 aromatic heterocycles. The molecule has 5 nitrogen and oxygen atoms in total. The second kappa shape index (κ2) is 10.6. The molecule has 0 atom stereocenters. The largest absolute Gasteiger partial charge is 0.477 e. The first-order valence-electron chi connectivity index (χ1n) is 10.2. The number of aliphatic carboxylic acids is 1. The summed E-state index contributed by atoms with van der Waals surface area (Å²) in [5.41, 5.74) is 0.560. The van der Waals surface area contributed by atoms with Gasteiger partial charge in [0, 0.05) is 6.42 Å². The average Bonchev–Trinajstić information content (AvgIpc) is 2.72. The second-order valence-electron chi connectivity index (χ2n) is 7.84. The number of rotatable bonds is 7. The molecular formula is C24H26INO4. The summed E-state index contributed by atoms with van der Waals surface area (Å²) in [7, 11) is 0. The molecule has 0 aliphatic heterocycles. The standard InChI is InChI=1S/C24H26INO4/c1-16-6-8-18(9-7-16)15-23(27)26-21(24(28)29)14-17-10-12-19(13-11-17)30-22-5-3-2-4-20(22)25/h2-5,10-14,16,18H,6-9,15H2,1H3,(H,26,27)(H,28,29)/b21-14+. The molecule has 158 valence electrons. The van der Waals surface area contributed by atoms with Gasteiger partial charge >= 0.3 is 5.97 Å². The zero-order chi connectivity index (χ0) is 21.5. The van der Waals surface area contributed by atoms with Gasteiger partial charge in [-0.1, -0.05) is 44.0 Å². The molecule has 2 aromatic carbocycles. The molecule has 2 N–H and O–H groups in total. The molecule has 1 fully saturated rings. The smallest absolute Gasteiger partial charge is 0.352 e. The van der Waals surface area contributed by atoms with Crippen LogP contribution >= 0.6 is 22.6 Å². The number of halogens is 1. The van der Waals surface area contributed by atoms with Crippen LogP contribution in [-0.2, 0) is 9.59 Å². The van der Waals surface area contributed by atoms with E-state index < -0.39 is 5.97 Å². The molecule has 0 heterocycles.